The number of nitrogens with one attached hydrogen (secondary N) is 2. The summed E-state index contributed by atoms with van der Waals surface area (Å²) in [5.41, 5.74) is 1.84. The molecule has 35 heavy (non-hydrogen) atoms. The van der Waals surface area contributed by atoms with Crippen LogP contribution in [0.3, 0.4) is 0 Å². The topological polar surface area (TPSA) is 95.6 Å². The standard InChI is InChI=1S/C26H26FN3O4S/c27-22-11-9-20(10-12-22)26(32)29-23-6-4-5-21(17-23)25(31)28-18-19-7-13-24(14-8-19)35(33,34)30-15-2-1-3-16-30/h4-14,17H,1-3,15-16,18H2,(H,28,31)(H,29,32). The molecule has 1 heterocycles. The maximum atomic E-state index is 13.1. The molecule has 0 aliphatic carbocycles. The number of carbonyl (C=O) groups is 2. The van der Waals surface area contributed by atoms with E-state index in [9.17, 15) is 22.4 Å². The minimum atomic E-state index is -3.50. The van der Waals surface area contributed by atoms with Crippen molar-refractivity contribution in [2.24, 2.45) is 0 Å². The Morgan fingerprint density at radius 2 is 1.51 bits per heavy atom. The predicted molar refractivity (Wildman–Crippen MR) is 131 cm³/mol. The van der Waals surface area contributed by atoms with Gasteiger partial charge in [-0.3, -0.25) is 9.59 Å². The Balaban J connectivity index is 1.35. The van der Waals surface area contributed by atoms with Crippen LogP contribution >= 0.6 is 0 Å². The zero-order chi connectivity index (χ0) is 24.8. The van der Waals surface area contributed by atoms with Gasteiger partial charge < -0.3 is 10.6 Å². The van der Waals surface area contributed by atoms with E-state index in [1.807, 2.05) is 0 Å². The number of sulfonamides is 1. The first-order valence-corrected chi connectivity index (χ1v) is 12.8. The average molecular weight is 496 g/mol. The highest BCUT2D eigenvalue weighted by Crippen LogP contribution is 2.21. The monoisotopic (exact) mass is 495 g/mol. The van der Waals surface area contributed by atoms with Crippen LogP contribution in [0.1, 0.15) is 45.5 Å². The van der Waals surface area contributed by atoms with Crippen LogP contribution in [0.5, 0.6) is 0 Å². The first-order valence-electron chi connectivity index (χ1n) is 11.4. The third kappa shape index (κ3) is 6.12. The lowest BCUT2D eigenvalue weighted by atomic mass is 10.1. The fourth-order valence-electron chi connectivity index (χ4n) is 3.86. The Bertz CT molecular complexity index is 1300. The summed E-state index contributed by atoms with van der Waals surface area (Å²) in [7, 11) is -3.50. The van der Waals surface area contributed by atoms with E-state index in [1.54, 1.807) is 48.5 Å². The molecule has 1 aliphatic rings. The smallest absolute Gasteiger partial charge is 0.255 e. The molecular weight excluding hydrogens is 469 g/mol. The zero-order valence-electron chi connectivity index (χ0n) is 19.0. The minimum Gasteiger partial charge on any atom is -0.348 e. The molecule has 0 aromatic heterocycles. The summed E-state index contributed by atoms with van der Waals surface area (Å²) in [5.74, 6) is -1.19. The quantitative estimate of drug-likeness (QED) is 0.514. The van der Waals surface area contributed by atoms with Crippen molar-refractivity contribution in [1.29, 1.82) is 0 Å². The van der Waals surface area contributed by atoms with E-state index in [-0.39, 0.29) is 17.3 Å². The van der Waals surface area contributed by atoms with Gasteiger partial charge in [-0.05, 0) is 73.0 Å². The van der Waals surface area contributed by atoms with Crippen LogP contribution in [0.15, 0.2) is 77.7 Å². The molecule has 0 spiro atoms. The van der Waals surface area contributed by atoms with Crippen molar-refractivity contribution in [3.05, 3.63) is 95.3 Å². The Hall–Kier alpha value is -3.56. The van der Waals surface area contributed by atoms with E-state index in [0.29, 0.717) is 29.9 Å². The van der Waals surface area contributed by atoms with Crippen molar-refractivity contribution in [3.8, 4) is 0 Å². The van der Waals surface area contributed by atoms with Gasteiger partial charge in [-0.15, -0.1) is 0 Å². The van der Waals surface area contributed by atoms with Crippen molar-refractivity contribution >= 4 is 27.5 Å². The van der Waals surface area contributed by atoms with E-state index in [4.69, 9.17) is 0 Å². The van der Waals surface area contributed by atoms with Crippen molar-refractivity contribution in [2.45, 2.75) is 30.7 Å². The number of hydrogen-bond acceptors (Lipinski definition) is 4. The van der Waals surface area contributed by atoms with Gasteiger partial charge in [0.15, 0.2) is 0 Å². The molecule has 0 atom stereocenters. The second kappa shape index (κ2) is 10.8. The van der Waals surface area contributed by atoms with Crippen LogP contribution < -0.4 is 10.6 Å². The summed E-state index contributed by atoms with van der Waals surface area (Å²) in [6.07, 6.45) is 2.80. The number of piperidine rings is 1. The molecule has 182 valence electrons. The van der Waals surface area contributed by atoms with Gasteiger partial charge in [0, 0.05) is 36.4 Å². The van der Waals surface area contributed by atoms with Crippen molar-refractivity contribution < 1.29 is 22.4 Å². The highest BCUT2D eigenvalue weighted by Gasteiger charge is 2.25. The normalized spacial score (nSPS) is 14.3. The van der Waals surface area contributed by atoms with E-state index < -0.39 is 21.7 Å². The third-order valence-corrected chi connectivity index (χ3v) is 7.73. The summed E-state index contributed by atoms with van der Waals surface area (Å²) in [6, 6.07) is 18.1. The number of halogens is 1. The Labute approximate surface area is 204 Å². The molecule has 3 aromatic rings. The number of anilines is 1. The maximum absolute atomic E-state index is 13.1. The van der Waals surface area contributed by atoms with Gasteiger partial charge in [0.2, 0.25) is 10.0 Å². The molecule has 1 fully saturated rings. The van der Waals surface area contributed by atoms with Gasteiger partial charge >= 0.3 is 0 Å². The van der Waals surface area contributed by atoms with Crippen molar-refractivity contribution in [3.63, 3.8) is 0 Å². The molecule has 4 rings (SSSR count). The van der Waals surface area contributed by atoms with Gasteiger partial charge in [-0.2, -0.15) is 4.31 Å². The summed E-state index contributed by atoms with van der Waals surface area (Å²) in [5, 5.41) is 5.49. The first kappa shape index (κ1) is 24.6. The predicted octanol–water partition coefficient (Wildman–Crippen LogP) is 4.18. The lowest BCUT2D eigenvalue weighted by molar-refractivity contribution is 0.0949. The second-order valence-electron chi connectivity index (χ2n) is 8.33. The van der Waals surface area contributed by atoms with Crippen molar-refractivity contribution in [1.82, 2.24) is 9.62 Å². The summed E-state index contributed by atoms with van der Waals surface area (Å²) in [4.78, 5) is 25.2. The largest absolute Gasteiger partial charge is 0.348 e. The molecule has 0 bridgehead atoms. The molecule has 0 unspecified atom stereocenters. The SMILES string of the molecule is O=C(NCc1ccc(S(=O)(=O)N2CCCCC2)cc1)c1cccc(NC(=O)c2ccc(F)cc2)c1. The molecule has 0 radical (unpaired) electrons. The molecule has 9 heteroatoms. The lowest BCUT2D eigenvalue weighted by Crippen LogP contribution is -2.35. The molecule has 1 aliphatic heterocycles. The lowest BCUT2D eigenvalue weighted by Gasteiger charge is -2.25. The third-order valence-electron chi connectivity index (χ3n) is 5.82. The molecule has 7 nitrogen and oxygen atoms in total. The van der Waals surface area contributed by atoms with E-state index in [0.717, 1.165) is 24.8 Å². The molecule has 3 aromatic carbocycles. The van der Waals surface area contributed by atoms with Gasteiger partial charge in [0.05, 0.1) is 4.90 Å². The highest BCUT2D eigenvalue weighted by molar-refractivity contribution is 7.89. The Morgan fingerprint density at radius 3 is 2.20 bits per heavy atom. The van der Waals surface area contributed by atoms with Crippen molar-refractivity contribution in [2.75, 3.05) is 18.4 Å². The fourth-order valence-corrected chi connectivity index (χ4v) is 5.38. The summed E-state index contributed by atoms with van der Waals surface area (Å²) < 4.78 is 40.1. The summed E-state index contributed by atoms with van der Waals surface area (Å²) in [6.45, 7) is 1.31. The molecule has 1 saturated heterocycles. The Kier molecular flexibility index (Phi) is 7.57. The van der Waals surface area contributed by atoms with Crippen LogP contribution in [-0.2, 0) is 16.6 Å². The van der Waals surface area contributed by atoms with Crippen LogP contribution in [0.2, 0.25) is 0 Å². The summed E-state index contributed by atoms with van der Waals surface area (Å²) >= 11 is 0. The maximum Gasteiger partial charge on any atom is 0.255 e. The number of hydrogen-bond donors (Lipinski definition) is 2. The molecule has 2 amide bonds. The number of nitrogens with zero attached hydrogens (tertiary/aromatic N) is 1. The van der Waals surface area contributed by atoms with Crippen LogP contribution in [0.4, 0.5) is 10.1 Å². The van der Waals surface area contributed by atoms with E-state index >= 15 is 0 Å². The molecule has 2 N–H and O–H groups in total. The van der Waals surface area contributed by atoms with Crippen LogP contribution in [0, 0.1) is 5.82 Å². The number of amides is 2. The number of rotatable bonds is 7. The number of carbonyl (C=O) groups excluding carboxylic acids is 2. The average Bonchev–Trinajstić information content (AvgIpc) is 2.88. The minimum absolute atomic E-state index is 0.217. The zero-order valence-corrected chi connectivity index (χ0v) is 19.9. The van der Waals surface area contributed by atoms with E-state index in [1.165, 1.54) is 28.6 Å². The second-order valence-corrected chi connectivity index (χ2v) is 10.3. The van der Waals surface area contributed by atoms with Gasteiger partial charge in [0.1, 0.15) is 5.82 Å². The van der Waals surface area contributed by atoms with Crippen LogP contribution in [-0.4, -0.2) is 37.6 Å². The molecular formula is C26H26FN3O4S. The first-order chi connectivity index (χ1) is 16.8. The number of benzene rings is 3. The molecule has 0 saturated carbocycles. The van der Waals surface area contributed by atoms with E-state index in [2.05, 4.69) is 10.6 Å². The van der Waals surface area contributed by atoms with Gasteiger partial charge in [-0.25, -0.2) is 12.8 Å². The van der Waals surface area contributed by atoms with Gasteiger partial charge in [-0.1, -0.05) is 24.6 Å². The van der Waals surface area contributed by atoms with Gasteiger partial charge in [0.25, 0.3) is 11.8 Å². The Morgan fingerprint density at radius 1 is 0.829 bits per heavy atom. The van der Waals surface area contributed by atoms with Crippen LogP contribution in [0.25, 0.3) is 0 Å². The fraction of sp³-hybridized carbons (Fsp3) is 0.231. The highest BCUT2D eigenvalue weighted by atomic mass is 32.2.